The molecule has 1 saturated heterocycles. The molecule has 1 saturated carbocycles. The molecule has 4 heteroatoms. The molecule has 0 bridgehead atoms. The van der Waals surface area contributed by atoms with Crippen LogP contribution in [0.5, 0.6) is 0 Å². The minimum absolute atomic E-state index is 0.429. The van der Waals surface area contributed by atoms with E-state index >= 15 is 0 Å². The number of nitrogens with one attached hydrogen (secondary N) is 2. The van der Waals surface area contributed by atoms with Gasteiger partial charge in [-0.3, -0.25) is 0 Å². The van der Waals surface area contributed by atoms with Crippen LogP contribution in [-0.2, 0) is 4.74 Å². The molecule has 0 aromatic heterocycles. The zero-order valence-electron chi connectivity index (χ0n) is 10.9. The summed E-state index contributed by atoms with van der Waals surface area (Å²) in [4.78, 5) is 0. The fraction of sp³-hybridized carbons (Fsp3) is 1.00. The second-order valence-corrected chi connectivity index (χ2v) is 5.68. The van der Waals surface area contributed by atoms with Gasteiger partial charge in [-0.25, -0.2) is 0 Å². The summed E-state index contributed by atoms with van der Waals surface area (Å²) in [6, 6.07) is 0.892. The fourth-order valence-corrected chi connectivity index (χ4v) is 2.86. The Morgan fingerprint density at radius 1 is 1.47 bits per heavy atom. The summed E-state index contributed by atoms with van der Waals surface area (Å²) >= 11 is 0. The minimum Gasteiger partial charge on any atom is -0.389 e. The molecule has 0 amide bonds. The molecule has 1 aliphatic heterocycles. The molecule has 2 aliphatic rings. The van der Waals surface area contributed by atoms with Crippen LogP contribution in [0.2, 0.25) is 0 Å². The van der Waals surface area contributed by atoms with E-state index in [9.17, 15) is 5.11 Å². The van der Waals surface area contributed by atoms with Gasteiger partial charge in [0.15, 0.2) is 0 Å². The van der Waals surface area contributed by atoms with E-state index in [0.717, 1.165) is 45.6 Å². The monoisotopic (exact) mass is 242 g/mol. The summed E-state index contributed by atoms with van der Waals surface area (Å²) in [5, 5.41) is 17.2. The van der Waals surface area contributed by atoms with E-state index in [1.165, 1.54) is 12.8 Å². The quantitative estimate of drug-likeness (QED) is 0.662. The van der Waals surface area contributed by atoms with Gasteiger partial charge in [-0.15, -0.1) is 0 Å². The van der Waals surface area contributed by atoms with E-state index in [0.29, 0.717) is 12.1 Å². The van der Waals surface area contributed by atoms with Gasteiger partial charge in [-0.1, -0.05) is 12.8 Å². The third-order valence-corrected chi connectivity index (χ3v) is 3.95. The maximum absolute atomic E-state index is 10.2. The third-order valence-electron chi connectivity index (χ3n) is 3.95. The summed E-state index contributed by atoms with van der Waals surface area (Å²) in [7, 11) is 0. The molecule has 3 N–H and O–H groups in total. The molecule has 17 heavy (non-hydrogen) atoms. The Bertz CT molecular complexity index is 223. The van der Waals surface area contributed by atoms with Crippen LogP contribution in [0.1, 0.15) is 39.0 Å². The molecule has 0 spiro atoms. The van der Waals surface area contributed by atoms with Crippen molar-refractivity contribution in [1.29, 1.82) is 0 Å². The van der Waals surface area contributed by atoms with Gasteiger partial charge < -0.3 is 20.5 Å². The van der Waals surface area contributed by atoms with Crippen LogP contribution in [0.4, 0.5) is 0 Å². The second kappa shape index (κ2) is 6.14. The molecule has 4 nitrogen and oxygen atoms in total. The molecule has 0 aromatic carbocycles. The normalized spacial score (nSPS) is 30.4. The highest BCUT2D eigenvalue weighted by Crippen LogP contribution is 2.28. The summed E-state index contributed by atoms with van der Waals surface area (Å²) in [6.07, 6.45) is 5.32. The van der Waals surface area contributed by atoms with Crippen molar-refractivity contribution in [2.45, 2.75) is 56.7 Å². The molecule has 2 atom stereocenters. The Kier molecular flexibility index (Phi) is 4.79. The van der Waals surface area contributed by atoms with Crippen LogP contribution >= 0.6 is 0 Å². The molecule has 1 heterocycles. The van der Waals surface area contributed by atoms with Gasteiger partial charge >= 0.3 is 0 Å². The van der Waals surface area contributed by atoms with E-state index in [1.807, 2.05) is 0 Å². The molecule has 1 aliphatic carbocycles. The van der Waals surface area contributed by atoms with E-state index in [1.54, 1.807) is 0 Å². The van der Waals surface area contributed by atoms with E-state index < -0.39 is 5.60 Å². The van der Waals surface area contributed by atoms with Crippen LogP contribution in [0.25, 0.3) is 0 Å². The SMILES string of the molecule is CC(CC1COCCN1)NCC1(O)CCCC1. The van der Waals surface area contributed by atoms with Crippen molar-refractivity contribution in [1.82, 2.24) is 10.6 Å². The van der Waals surface area contributed by atoms with Gasteiger partial charge in [0.25, 0.3) is 0 Å². The smallest absolute Gasteiger partial charge is 0.0771 e. The highest BCUT2D eigenvalue weighted by Gasteiger charge is 2.31. The Morgan fingerprint density at radius 3 is 2.88 bits per heavy atom. The summed E-state index contributed by atoms with van der Waals surface area (Å²) in [5.74, 6) is 0. The first-order chi connectivity index (χ1) is 8.18. The van der Waals surface area contributed by atoms with Crippen LogP contribution in [-0.4, -0.2) is 49.1 Å². The number of rotatable bonds is 5. The molecule has 0 aromatic rings. The largest absolute Gasteiger partial charge is 0.389 e. The van der Waals surface area contributed by atoms with Gasteiger partial charge in [-0.05, 0) is 26.2 Å². The number of ether oxygens (including phenoxy) is 1. The molecule has 100 valence electrons. The van der Waals surface area contributed by atoms with Crippen molar-refractivity contribution in [3.8, 4) is 0 Å². The van der Waals surface area contributed by atoms with Crippen molar-refractivity contribution in [3.05, 3.63) is 0 Å². The van der Waals surface area contributed by atoms with Crippen molar-refractivity contribution in [3.63, 3.8) is 0 Å². The highest BCUT2D eigenvalue weighted by molar-refractivity contribution is 4.87. The van der Waals surface area contributed by atoms with Crippen molar-refractivity contribution >= 4 is 0 Å². The molecule has 0 radical (unpaired) electrons. The first-order valence-electron chi connectivity index (χ1n) is 6.95. The van der Waals surface area contributed by atoms with Gasteiger partial charge in [0, 0.05) is 25.2 Å². The zero-order chi connectivity index (χ0) is 12.1. The third kappa shape index (κ3) is 4.21. The lowest BCUT2D eigenvalue weighted by atomic mass is 10.0. The van der Waals surface area contributed by atoms with Crippen LogP contribution < -0.4 is 10.6 Å². The lowest BCUT2D eigenvalue weighted by molar-refractivity contribution is 0.0418. The van der Waals surface area contributed by atoms with Crippen LogP contribution in [0.15, 0.2) is 0 Å². The molecule has 2 fully saturated rings. The number of aliphatic hydroxyl groups is 1. The maximum Gasteiger partial charge on any atom is 0.0771 e. The van der Waals surface area contributed by atoms with Crippen LogP contribution in [0.3, 0.4) is 0 Å². The molecular weight excluding hydrogens is 216 g/mol. The molecule has 2 unspecified atom stereocenters. The van der Waals surface area contributed by atoms with Crippen molar-refractivity contribution in [2.24, 2.45) is 0 Å². The summed E-state index contributed by atoms with van der Waals surface area (Å²) < 4.78 is 5.44. The van der Waals surface area contributed by atoms with Crippen molar-refractivity contribution < 1.29 is 9.84 Å². The van der Waals surface area contributed by atoms with Gasteiger partial charge in [0.1, 0.15) is 0 Å². The van der Waals surface area contributed by atoms with Gasteiger partial charge in [0.05, 0.1) is 18.8 Å². The first kappa shape index (κ1) is 13.3. The van der Waals surface area contributed by atoms with Crippen LogP contribution in [0, 0.1) is 0 Å². The molecule has 2 rings (SSSR count). The lowest BCUT2D eigenvalue weighted by Crippen LogP contribution is -2.47. The minimum atomic E-state index is -0.440. The van der Waals surface area contributed by atoms with E-state index in [2.05, 4.69) is 17.6 Å². The van der Waals surface area contributed by atoms with E-state index in [4.69, 9.17) is 4.74 Å². The Balaban J connectivity index is 1.64. The standard InChI is InChI=1S/C13H26N2O2/c1-11(8-12-9-17-7-6-14-12)15-10-13(16)4-2-3-5-13/h11-12,14-16H,2-10H2,1H3. The average molecular weight is 242 g/mol. The van der Waals surface area contributed by atoms with E-state index in [-0.39, 0.29) is 0 Å². The first-order valence-corrected chi connectivity index (χ1v) is 6.95. The summed E-state index contributed by atoms with van der Waals surface area (Å²) in [6.45, 7) is 5.53. The number of hydrogen-bond donors (Lipinski definition) is 3. The fourth-order valence-electron chi connectivity index (χ4n) is 2.86. The predicted octanol–water partition coefficient (Wildman–Crippen LogP) is 0.648. The summed E-state index contributed by atoms with van der Waals surface area (Å²) in [5.41, 5.74) is -0.440. The molecular formula is C13H26N2O2. The number of morpholine rings is 1. The predicted molar refractivity (Wildman–Crippen MR) is 68.1 cm³/mol. The van der Waals surface area contributed by atoms with Gasteiger partial charge in [-0.2, -0.15) is 0 Å². The van der Waals surface area contributed by atoms with Gasteiger partial charge in [0.2, 0.25) is 0 Å². The number of hydrogen-bond acceptors (Lipinski definition) is 4. The Hall–Kier alpha value is -0.160. The Labute approximate surface area is 104 Å². The zero-order valence-corrected chi connectivity index (χ0v) is 10.9. The highest BCUT2D eigenvalue weighted by atomic mass is 16.5. The Morgan fingerprint density at radius 2 is 2.24 bits per heavy atom. The topological polar surface area (TPSA) is 53.5 Å². The van der Waals surface area contributed by atoms with Crippen molar-refractivity contribution in [2.75, 3.05) is 26.3 Å². The maximum atomic E-state index is 10.2. The lowest BCUT2D eigenvalue weighted by Gasteiger charge is -2.29. The average Bonchev–Trinajstić information content (AvgIpc) is 2.76. The second-order valence-electron chi connectivity index (χ2n) is 5.68.